The van der Waals surface area contributed by atoms with Crippen LogP contribution >= 0.6 is 0 Å². The fraction of sp³-hybridized carbons (Fsp3) is 0.889. The van der Waals surface area contributed by atoms with Gasteiger partial charge >= 0.3 is 0 Å². The van der Waals surface area contributed by atoms with Gasteiger partial charge in [-0.1, -0.05) is 13.8 Å². The van der Waals surface area contributed by atoms with Crippen LogP contribution in [0.1, 0.15) is 34.6 Å². The van der Waals surface area contributed by atoms with E-state index in [-0.39, 0.29) is 17.6 Å². The Kier molecular flexibility index (Phi) is 3.54. The second-order valence-corrected chi connectivity index (χ2v) is 4.02. The molecule has 0 rings (SSSR count). The van der Waals surface area contributed by atoms with Crippen molar-refractivity contribution >= 4 is 0 Å². The lowest BCUT2D eigenvalue weighted by Crippen LogP contribution is -2.29. The van der Waals surface area contributed by atoms with Gasteiger partial charge < -0.3 is 4.74 Å². The molecule has 11 heavy (non-hydrogen) atoms. The molecule has 0 spiro atoms. The SMILES string of the molecule is CC(C)C(C#N)OC(C)(C)C. The predicted molar refractivity (Wildman–Crippen MR) is 45.1 cm³/mol. The zero-order chi connectivity index (χ0) is 9.07. The Morgan fingerprint density at radius 1 is 1.27 bits per heavy atom. The lowest BCUT2D eigenvalue weighted by atomic mass is 10.1. The van der Waals surface area contributed by atoms with Crippen LogP contribution in [-0.2, 0) is 4.74 Å². The van der Waals surface area contributed by atoms with Gasteiger partial charge in [-0.2, -0.15) is 5.26 Å². The van der Waals surface area contributed by atoms with Crippen molar-refractivity contribution in [1.82, 2.24) is 0 Å². The summed E-state index contributed by atoms with van der Waals surface area (Å²) in [5, 5.41) is 8.68. The van der Waals surface area contributed by atoms with E-state index in [1.807, 2.05) is 34.6 Å². The molecule has 0 aliphatic carbocycles. The molecule has 0 fully saturated rings. The van der Waals surface area contributed by atoms with Crippen molar-refractivity contribution in [1.29, 1.82) is 5.26 Å². The van der Waals surface area contributed by atoms with Gasteiger partial charge in [0.25, 0.3) is 0 Å². The summed E-state index contributed by atoms with van der Waals surface area (Å²) in [5.74, 6) is 0.263. The molecule has 0 saturated heterocycles. The summed E-state index contributed by atoms with van der Waals surface area (Å²) in [6.07, 6.45) is -0.282. The smallest absolute Gasteiger partial charge is 0.146 e. The number of nitriles is 1. The molecular weight excluding hydrogens is 138 g/mol. The van der Waals surface area contributed by atoms with Gasteiger partial charge in [0.2, 0.25) is 0 Å². The Morgan fingerprint density at radius 2 is 1.73 bits per heavy atom. The van der Waals surface area contributed by atoms with Crippen LogP contribution in [0.5, 0.6) is 0 Å². The van der Waals surface area contributed by atoms with Gasteiger partial charge in [-0.05, 0) is 26.7 Å². The molecule has 0 aromatic heterocycles. The van der Waals surface area contributed by atoms with E-state index in [0.29, 0.717) is 0 Å². The van der Waals surface area contributed by atoms with Gasteiger partial charge in [0.1, 0.15) is 6.10 Å². The van der Waals surface area contributed by atoms with Gasteiger partial charge in [-0.25, -0.2) is 0 Å². The number of nitrogens with zero attached hydrogens (tertiary/aromatic N) is 1. The van der Waals surface area contributed by atoms with Crippen molar-refractivity contribution in [2.75, 3.05) is 0 Å². The normalized spacial score (nSPS) is 14.6. The van der Waals surface area contributed by atoms with Gasteiger partial charge in [0, 0.05) is 0 Å². The average molecular weight is 155 g/mol. The Labute approximate surface area is 69.2 Å². The average Bonchev–Trinajstić information content (AvgIpc) is 1.80. The van der Waals surface area contributed by atoms with Crippen LogP contribution in [0.25, 0.3) is 0 Å². The summed E-state index contributed by atoms with van der Waals surface area (Å²) in [6.45, 7) is 9.85. The number of hydrogen-bond acceptors (Lipinski definition) is 2. The molecule has 0 bridgehead atoms. The summed E-state index contributed by atoms with van der Waals surface area (Å²) in [7, 11) is 0. The van der Waals surface area contributed by atoms with E-state index in [2.05, 4.69) is 6.07 Å². The molecule has 64 valence electrons. The lowest BCUT2D eigenvalue weighted by Gasteiger charge is -2.25. The van der Waals surface area contributed by atoms with E-state index in [1.165, 1.54) is 0 Å². The maximum Gasteiger partial charge on any atom is 0.146 e. The topological polar surface area (TPSA) is 33.0 Å². The standard InChI is InChI=1S/C9H17NO/c1-7(2)8(6-10)11-9(3,4)5/h7-8H,1-5H3. The Bertz CT molecular complexity index is 150. The van der Waals surface area contributed by atoms with Crippen molar-refractivity contribution in [2.24, 2.45) is 5.92 Å². The molecular formula is C9H17NO. The summed E-state index contributed by atoms with van der Waals surface area (Å²) < 4.78 is 5.49. The van der Waals surface area contributed by atoms with Crippen molar-refractivity contribution in [3.63, 3.8) is 0 Å². The highest BCUT2D eigenvalue weighted by molar-refractivity contribution is 4.88. The summed E-state index contributed by atoms with van der Waals surface area (Å²) in [4.78, 5) is 0. The highest BCUT2D eigenvalue weighted by atomic mass is 16.5. The first-order valence-electron chi connectivity index (χ1n) is 3.94. The number of rotatable bonds is 2. The minimum absolute atomic E-state index is 0.218. The van der Waals surface area contributed by atoms with E-state index >= 15 is 0 Å². The Balaban J connectivity index is 4.02. The van der Waals surface area contributed by atoms with Crippen LogP contribution < -0.4 is 0 Å². The maximum atomic E-state index is 8.68. The minimum Gasteiger partial charge on any atom is -0.357 e. The fourth-order valence-corrected chi connectivity index (χ4v) is 0.692. The second kappa shape index (κ2) is 3.73. The lowest BCUT2D eigenvalue weighted by molar-refractivity contribution is -0.0523. The van der Waals surface area contributed by atoms with Gasteiger partial charge in [-0.3, -0.25) is 0 Å². The molecule has 0 aromatic carbocycles. The third-order valence-electron chi connectivity index (χ3n) is 1.21. The summed E-state index contributed by atoms with van der Waals surface area (Å²) in [5.41, 5.74) is -0.218. The van der Waals surface area contributed by atoms with Crippen LogP contribution in [-0.4, -0.2) is 11.7 Å². The molecule has 2 heteroatoms. The number of ether oxygens (including phenoxy) is 1. The highest BCUT2D eigenvalue weighted by Gasteiger charge is 2.20. The van der Waals surface area contributed by atoms with E-state index in [0.717, 1.165) is 0 Å². The molecule has 2 nitrogen and oxygen atoms in total. The molecule has 1 unspecified atom stereocenters. The molecule has 0 aromatic rings. The van der Waals surface area contributed by atoms with Crippen molar-refractivity contribution in [2.45, 2.75) is 46.3 Å². The third kappa shape index (κ3) is 4.80. The van der Waals surface area contributed by atoms with E-state index in [9.17, 15) is 0 Å². The highest BCUT2D eigenvalue weighted by Crippen LogP contribution is 2.15. The first-order chi connectivity index (χ1) is 4.87. The second-order valence-electron chi connectivity index (χ2n) is 4.02. The zero-order valence-electron chi connectivity index (χ0n) is 8.01. The molecule has 1 atom stereocenters. The van der Waals surface area contributed by atoms with Crippen molar-refractivity contribution in [3.8, 4) is 6.07 Å². The molecule has 0 radical (unpaired) electrons. The summed E-state index contributed by atoms with van der Waals surface area (Å²) >= 11 is 0. The first-order valence-corrected chi connectivity index (χ1v) is 3.94. The molecule has 0 heterocycles. The zero-order valence-corrected chi connectivity index (χ0v) is 8.01. The largest absolute Gasteiger partial charge is 0.357 e. The van der Waals surface area contributed by atoms with Gasteiger partial charge in [-0.15, -0.1) is 0 Å². The molecule has 0 aliphatic heterocycles. The van der Waals surface area contributed by atoms with Crippen LogP contribution in [0.15, 0.2) is 0 Å². The predicted octanol–water partition coefficient (Wildman–Crippen LogP) is 2.35. The Hall–Kier alpha value is -0.550. The van der Waals surface area contributed by atoms with Crippen LogP contribution in [0.3, 0.4) is 0 Å². The van der Waals surface area contributed by atoms with Crippen molar-refractivity contribution in [3.05, 3.63) is 0 Å². The fourth-order valence-electron chi connectivity index (χ4n) is 0.692. The monoisotopic (exact) mass is 155 g/mol. The quantitative estimate of drug-likeness (QED) is 0.613. The molecule has 0 amide bonds. The molecule has 0 N–H and O–H groups in total. The van der Waals surface area contributed by atoms with E-state index in [4.69, 9.17) is 10.00 Å². The van der Waals surface area contributed by atoms with Crippen LogP contribution in [0, 0.1) is 17.2 Å². The van der Waals surface area contributed by atoms with Crippen LogP contribution in [0.4, 0.5) is 0 Å². The Morgan fingerprint density at radius 3 is 1.82 bits per heavy atom. The number of hydrogen-bond donors (Lipinski definition) is 0. The van der Waals surface area contributed by atoms with Gasteiger partial charge in [0.05, 0.1) is 11.7 Å². The summed E-state index contributed by atoms with van der Waals surface area (Å²) in [6, 6.07) is 2.14. The molecule has 0 aliphatic rings. The van der Waals surface area contributed by atoms with E-state index < -0.39 is 0 Å². The van der Waals surface area contributed by atoms with Gasteiger partial charge in [0.15, 0.2) is 0 Å². The molecule has 0 saturated carbocycles. The van der Waals surface area contributed by atoms with Crippen LogP contribution in [0.2, 0.25) is 0 Å². The van der Waals surface area contributed by atoms with Crippen molar-refractivity contribution < 1.29 is 4.74 Å². The first kappa shape index (κ1) is 10.4. The van der Waals surface area contributed by atoms with E-state index in [1.54, 1.807) is 0 Å². The maximum absolute atomic E-state index is 8.68. The third-order valence-corrected chi connectivity index (χ3v) is 1.21. The minimum atomic E-state index is -0.282.